The summed E-state index contributed by atoms with van der Waals surface area (Å²) in [6, 6.07) is 15.3. The molecule has 0 spiro atoms. The van der Waals surface area contributed by atoms with Crippen molar-refractivity contribution in [2.45, 2.75) is 29.3 Å². The van der Waals surface area contributed by atoms with Crippen molar-refractivity contribution < 1.29 is 29.4 Å². The minimum atomic E-state index is -1.25. The van der Waals surface area contributed by atoms with Crippen molar-refractivity contribution in [3.8, 4) is 5.75 Å². The fourth-order valence-electron chi connectivity index (χ4n) is 4.67. The average Bonchev–Trinajstić information content (AvgIpc) is 3.24. The summed E-state index contributed by atoms with van der Waals surface area (Å²) in [5, 5.41) is 21.9. The van der Waals surface area contributed by atoms with Crippen LogP contribution < -0.4 is 5.32 Å². The fourth-order valence-corrected chi connectivity index (χ4v) is 6.71. The normalized spacial score (nSPS) is 21.9. The van der Waals surface area contributed by atoms with Crippen LogP contribution in [0.15, 0.2) is 82.4 Å². The highest BCUT2D eigenvalue weighted by Gasteiger charge is 2.54. The number of aliphatic carboxylic acids is 1. The first kappa shape index (κ1) is 25.9. The molecule has 3 aliphatic heterocycles. The summed E-state index contributed by atoms with van der Waals surface area (Å²) in [5.41, 5.74) is 1.53. The number of amides is 3. The predicted molar refractivity (Wildman–Crippen MR) is 143 cm³/mol. The molecule has 2 atom stereocenters. The second-order valence-corrected chi connectivity index (χ2v) is 11.2. The van der Waals surface area contributed by atoms with Crippen molar-refractivity contribution in [3.63, 3.8) is 0 Å². The number of hydrogen-bond donors (Lipinski definition) is 3. The minimum Gasteiger partial charge on any atom is -0.508 e. The molecule has 3 N–H and O–H groups in total. The Bertz CT molecular complexity index is 1360. The van der Waals surface area contributed by atoms with Gasteiger partial charge in [0.2, 0.25) is 11.8 Å². The molecule has 0 saturated carbocycles. The molecule has 9 nitrogen and oxygen atoms in total. The van der Waals surface area contributed by atoms with Crippen LogP contribution in [0.3, 0.4) is 0 Å². The van der Waals surface area contributed by atoms with Gasteiger partial charge in [0.25, 0.3) is 5.91 Å². The van der Waals surface area contributed by atoms with Crippen LogP contribution in [0.1, 0.15) is 12.0 Å². The van der Waals surface area contributed by atoms with Crippen molar-refractivity contribution in [2.75, 3.05) is 18.1 Å². The Morgan fingerprint density at radius 1 is 1.13 bits per heavy atom. The van der Waals surface area contributed by atoms with Gasteiger partial charge in [-0.25, -0.2) is 4.79 Å². The number of hydrogen-bond acceptors (Lipinski definition) is 7. The molecule has 2 aromatic carbocycles. The molecule has 0 bridgehead atoms. The molecule has 11 heteroatoms. The summed E-state index contributed by atoms with van der Waals surface area (Å²) in [5.74, 6) is -1.66. The number of phenols is 1. The summed E-state index contributed by atoms with van der Waals surface area (Å²) >= 11 is 2.72. The lowest BCUT2D eigenvalue weighted by molar-refractivity contribution is -0.150. The average molecular weight is 552 g/mol. The van der Waals surface area contributed by atoms with Gasteiger partial charge in [-0.3, -0.25) is 19.3 Å². The van der Waals surface area contributed by atoms with E-state index in [0.29, 0.717) is 36.4 Å². The van der Waals surface area contributed by atoms with Gasteiger partial charge in [-0.05, 0) is 47.9 Å². The van der Waals surface area contributed by atoms with Crippen LogP contribution in [0.2, 0.25) is 0 Å². The highest BCUT2D eigenvalue weighted by molar-refractivity contribution is 8.00. The van der Waals surface area contributed by atoms with Crippen molar-refractivity contribution in [1.82, 2.24) is 15.1 Å². The number of rotatable bonds is 8. The number of carbonyl (C=O) groups excluding carboxylic acids is 3. The Hall–Kier alpha value is -3.70. The lowest BCUT2D eigenvalue weighted by Gasteiger charge is -2.49. The zero-order valence-electron chi connectivity index (χ0n) is 20.2. The van der Waals surface area contributed by atoms with E-state index in [4.69, 9.17) is 0 Å². The van der Waals surface area contributed by atoms with E-state index in [9.17, 15) is 29.4 Å². The second-order valence-electron chi connectivity index (χ2n) is 9.05. The van der Waals surface area contributed by atoms with Crippen LogP contribution in [0.4, 0.5) is 0 Å². The number of allylic oxidation sites excluding steroid dienone is 1. The van der Waals surface area contributed by atoms with Gasteiger partial charge in [-0.2, -0.15) is 0 Å². The molecule has 2 saturated heterocycles. The Morgan fingerprint density at radius 3 is 2.66 bits per heavy atom. The van der Waals surface area contributed by atoms with Crippen molar-refractivity contribution in [2.24, 2.45) is 0 Å². The molecule has 2 fully saturated rings. The first-order valence-corrected chi connectivity index (χ1v) is 14.0. The molecule has 0 aromatic heterocycles. The number of likely N-dealkylation sites (tertiary alicyclic amines) is 1. The summed E-state index contributed by atoms with van der Waals surface area (Å²) in [6.45, 7) is 0.810. The zero-order valence-corrected chi connectivity index (χ0v) is 21.8. The maximum absolute atomic E-state index is 13.0. The van der Waals surface area contributed by atoms with Gasteiger partial charge in [0.1, 0.15) is 22.9 Å². The Balaban J connectivity index is 1.26. The molecule has 196 valence electrons. The molecule has 0 radical (unpaired) electrons. The number of carboxylic acids is 1. The molecule has 2 unspecified atom stereocenters. The number of benzene rings is 2. The number of β-lactam (4-membered cyclic amide) rings is 1. The lowest BCUT2D eigenvalue weighted by Crippen LogP contribution is -2.70. The third kappa shape index (κ3) is 5.30. The van der Waals surface area contributed by atoms with Crippen molar-refractivity contribution in [1.29, 1.82) is 0 Å². The van der Waals surface area contributed by atoms with E-state index in [0.717, 1.165) is 10.5 Å². The monoisotopic (exact) mass is 551 g/mol. The Labute approximate surface area is 227 Å². The molecule has 3 aliphatic rings. The van der Waals surface area contributed by atoms with Crippen LogP contribution in [0, 0.1) is 0 Å². The molecule has 38 heavy (non-hydrogen) atoms. The van der Waals surface area contributed by atoms with Gasteiger partial charge in [0.05, 0.1) is 5.75 Å². The van der Waals surface area contributed by atoms with Gasteiger partial charge >= 0.3 is 5.97 Å². The maximum atomic E-state index is 13.0. The first-order chi connectivity index (χ1) is 18.3. The molecular formula is C27H25N3O6S2. The molecule has 2 aromatic rings. The molecule has 0 aliphatic carbocycles. The number of carbonyl (C=O) groups is 4. The van der Waals surface area contributed by atoms with Crippen LogP contribution in [-0.2, 0) is 25.7 Å². The quantitative estimate of drug-likeness (QED) is 0.260. The molecular weight excluding hydrogens is 526 g/mol. The maximum Gasteiger partial charge on any atom is 0.352 e. The highest BCUT2D eigenvalue weighted by Crippen LogP contribution is 2.41. The highest BCUT2D eigenvalue weighted by atomic mass is 32.2. The largest absolute Gasteiger partial charge is 0.508 e. The smallest absolute Gasteiger partial charge is 0.352 e. The van der Waals surface area contributed by atoms with E-state index in [2.05, 4.69) is 5.32 Å². The van der Waals surface area contributed by atoms with E-state index in [1.54, 1.807) is 29.2 Å². The molecule has 3 amide bonds. The zero-order chi connectivity index (χ0) is 26.8. The first-order valence-electron chi connectivity index (χ1n) is 12.0. The molecule has 5 rings (SSSR count). The predicted octanol–water partition coefficient (Wildman–Crippen LogP) is 2.58. The number of nitrogens with one attached hydrogen (secondary N) is 1. The topological polar surface area (TPSA) is 127 Å². The number of fused-ring (bicyclic) bond motifs is 1. The minimum absolute atomic E-state index is 0.124. The SMILES string of the molecule is O=C(CSc1ccccc1)NC1C(=O)N2C(C(=O)O)=C(C=C3CCN(Cc4cccc(O)c4)C3=O)CSC12. The van der Waals surface area contributed by atoms with Crippen LogP contribution in [-0.4, -0.2) is 73.2 Å². The summed E-state index contributed by atoms with van der Waals surface area (Å²) in [7, 11) is 0. The van der Waals surface area contributed by atoms with E-state index in [1.807, 2.05) is 36.4 Å². The third-order valence-corrected chi connectivity index (χ3v) is 8.79. The van der Waals surface area contributed by atoms with Gasteiger partial charge in [0, 0.05) is 29.3 Å². The lowest BCUT2D eigenvalue weighted by atomic mass is 10.0. The number of phenolic OH excluding ortho intramolecular Hbond substituents is 1. The number of nitrogens with zero attached hydrogens (tertiary/aromatic N) is 2. The van der Waals surface area contributed by atoms with Crippen LogP contribution >= 0.6 is 23.5 Å². The fraction of sp³-hybridized carbons (Fsp3) is 0.259. The number of aromatic hydroxyl groups is 1. The molecule has 3 heterocycles. The van der Waals surface area contributed by atoms with Crippen LogP contribution in [0.25, 0.3) is 0 Å². The van der Waals surface area contributed by atoms with E-state index in [1.165, 1.54) is 28.4 Å². The van der Waals surface area contributed by atoms with E-state index >= 15 is 0 Å². The Morgan fingerprint density at radius 2 is 1.92 bits per heavy atom. The van der Waals surface area contributed by atoms with E-state index < -0.39 is 23.3 Å². The number of thioether (sulfide) groups is 2. The summed E-state index contributed by atoms with van der Waals surface area (Å²) in [6.07, 6.45) is 2.04. The van der Waals surface area contributed by atoms with Crippen molar-refractivity contribution in [3.05, 3.63) is 83.1 Å². The second kappa shape index (κ2) is 11.0. The number of carboxylic acid groups (broad SMARTS) is 1. The van der Waals surface area contributed by atoms with Crippen LogP contribution in [0.5, 0.6) is 5.75 Å². The van der Waals surface area contributed by atoms with E-state index in [-0.39, 0.29) is 29.0 Å². The van der Waals surface area contributed by atoms with Gasteiger partial charge in [-0.1, -0.05) is 30.3 Å². The van der Waals surface area contributed by atoms with Gasteiger partial charge < -0.3 is 20.4 Å². The van der Waals surface area contributed by atoms with Crippen molar-refractivity contribution >= 4 is 47.2 Å². The summed E-state index contributed by atoms with van der Waals surface area (Å²) < 4.78 is 0. The standard InChI is InChI=1S/C27H25N3O6S2/c31-19-6-4-5-16(11-19)13-29-10-9-17(24(29)33)12-18-14-38-26-22(25(34)30(26)23(18)27(35)36)28-21(32)15-37-20-7-2-1-3-8-20/h1-8,11-12,22,26,31H,9-10,13-15H2,(H,28,32)(H,35,36). The Kier molecular flexibility index (Phi) is 7.48. The van der Waals surface area contributed by atoms with Gasteiger partial charge in [-0.15, -0.1) is 23.5 Å². The summed E-state index contributed by atoms with van der Waals surface area (Å²) in [4.78, 5) is 54.4. The van der Waals surface area contributed by atoms with Gasteiger partial charge in [0.15, 0.2) is 0 Å². The third-order valence-electron chi connectivity index (χ3n) is 6.48.